The minimum Gasteiger partial charge on any atom is -0.377 e. The Kier molecular flexibility index (Phi) is 5.09. The van der Waals surface area contributed by atoms with Gasteiger partial charge in [-0.05, 0) is 49.4 Å². The molecule has 0 radical (unpaired) electrons. The summed E-state index contributed by atoms with van der Waals surface area (Å²) in [6.45, 7) is 1.85. The van der Waals surface area contributed by atoms with Crippen LogP contribution in [-0.2, 0) is 0 Å². The first-order valence-corrected chi connectivity index (χ1v) is 9.34. The molecule has 8 heteroatoms. The maximum atomic E-state index is 9.31. The van der Waals surface area contributed by atoms with Gasteiger partial charge in [0, 0.05) is 31.5 Å². The zero-order valence-electron chi connectivity index (χ0n) is 16.9. The van der Waals surface area contributed by atoms with Crippen molar-refractivity contribution in [3.8, 4) is 23.0 Å². The maximum absolute atomic E-state index is 9.31. The third-order valence-electron chi connectivity index (χ3n) is 4.55. The molecule has 0 unspecified atom stereocenters. The molecule has 0 aliphatic heterocycles. The number of nitrogens with zero attached hydrogens (tertiary/aromatic N) is 7. The van der Waals surface area contributed by atoms with Crippen LogP contribution in [-0.4, -0.2) is 38.8 Å². The number of aryl methyl sites for hydroxylation is 1. The Balaban J connectivity index is 1.57. The molecular weight excluding hydrogens is 376 g/mol. The Labute approximate surface area is 174 Å². The van der Waals surface area contributed by atoms with Crippen molar-refractivity contribution in [2.45, 2.75) is 6.92 Å². The van der Waals surface area contributed by atoms with E-state index in [1.165, 1.54) is 0 Å². The highest BCUT2D eigenvalue weighted by Gasteiger charge is 2.09. The quantitative estimate of drug-likeness (QED) is 0.549. The second-order valence-corrected chi connectivity index (χ2v) is 6.91. The van der Waals surface area contributed by atoms with Crippen molar-refractivity contribution in [3.05, 3.63) is 72.4 Å². The fourth-order valence-corrected chi connectivity index (χ4v) is 3.03. The van der Waals surface area contributed by atoms with E-state index in [1.807, 2.05) is 74.4 Å². The van der Waals surface area contributed by atoms with Gasteiger partial charge in [0.15, 0.2) is 0 Å². The van der Waals surface area contributed by atoms with Gasteiger partial charge in [-0.25, -0.2) is 19.6 Å². The number of aromatic nitrogens is 5. The van der Waals surface area contributed by atoms with E-state index < -0.39 is 0 Å². The smallest absolute Gasteiger partial charge is 0.227 e. The summed E-state index contributed by atoms with van der Waals surface area (Å²) in [5, 5.41) is 16.8. The summed E-state index contributed by atoms with van der Waals surface area (Å²) < 4.78 is 1.73. The fraction of sp³-hybridized carbons (Fsp3) is 0.136. The molecule has 0 atom stereocenters. The molecule has 0 aliphatic carbocycles. The highest BCUT2D eigenvalue weighted by atomic mass is 15.3. The fourth-order valence-electron chi connectivity index (χ4n) is 3.03. The first-order chi connectivity index (χ1) is 14.5. The van der Waals surface area contributed by atoms with Gasteiger partial charge in [-0.15, -0.1) is 0 Å². The molecular formula is C22H20N8. The Hall–Kier alpha value is -4.25. The first-order valence-electron chi connectivity index (χ1n) is 9.34. The SMILES string of the molecule is Cc1ncn(-c2ccc(Nc3nccc(-c4ccc(C#N)c(N(C)C)c4)n3)cc2)n1. The molecule has 4 aromatic rings. The normalized spacial score (nSPS) is 10.5. The lowest BCUT2D eigenvalue weighted by Gasteiger charge is -2.15. The lowest BCUT2D eigenvalue weighted by atomic mass is 10.1. The van der Waals surface area contributed by atoms with Crippen LogP contribution in [0.15, 0.2) is 61.1 Å². The molecule has 30 heavy (non-hydrogen) atoms. The van der Waals surface area contributed by atoms with Crippen LogP contribution in [0.3, 0.4) is 0 Å². The van der Waals surface area contributed by atoms with Crippen molar-refractivity contribution in [1.29, 1.82) is 5.26 Å². The van der Waals surface area contributed by atoms with Gasteiger partial charge in [0.2, 0.25) is 5.95 Å². The van der Waals surface area contributed by atoms with Crippen LogP contribution < -0.4 is 10.2 Å². The lowest BCUT2D eigenvalue weighted by Crippen LogP contribution is -2.10. The highest BCUT2D eigenvalue weighted by molar-refractivity contribution is 5.71. The van der Waals surface area contributed by atoms with Gasteiger partial charge < -0.3 is 10.2 Å². The molecule has 1 N–H and O–H groups in total. The first kappa shape index (κ1) is 19.1. The molecule has 2 heterocycles. The van der Waals surface area contributed by atoms with Crippen LogP contribution in [0, 0.1) is 18.3 Å². The standard InChI is InChI=1S/C22H20N8/c1-15-25-14-30(28-15)19-8-6-18(7-9-19)26-22-24-11-10-20(27-22)16-4-5-17(13-23)21(12-16)29(2)3/h4-12,14H,1-3H3,(H,24,26,27). The minimum atomic E-state index is 0.493. The maximum Gasteiger partial charge on any atom is 0.227 e. The van der Waals surface area contributed by atoms with E-state index in [-0.39, 0.29) is 0 Å². The summed E-state index contributed by atoms with van der Waals surface area (Å²) in [5.41, 5.74) is 4.95. The van der Waals surface area contributed by atoms with Crippen LogP contribution in [0.1, 0.15) is 11.4 Å². The van der Waals surface area contributed by atoms with Gasteiger partial charge in [0.1, 0.15) is 18.2 Å². The van der Waals surface area contributed by atoms with E-state index in [0.29, 0.717) is 11.5 Å². The Morgan fingerprint density at radius 1 is 1.03 bits per heavy atom. The predicted molar refractivity (Wildman–Crippen MR) is 116 cm³/mol. The average Bonchev–Trinajstić information content (AvgIpc) is 3.20. The monoisotopic (exact) mass is 396 g/mol. The number of nitriles is 1. The minimum absolute atomic E-state index is 0.493. The van der Waals surface area contributed by atoms with Crippen molar-refractivity contribution >= 4 is 17.3 Å². The zero-order valence-corrected chi connectivity index (χ0v) is 16.9. The van der Waals surface area contributed by atoms with Gasteiger partial charge in [0.25, 0.3) is 0 Å². The second kappa shape index (κ2) is 8.01. The molecule has 8 nitrogen and oxygen atoms in total. The van der Waals surface area contributed by atoms with E-state index in [0.717, 1.165) is 34.1 Å². The molecule has 0 spiro atoms. The molecule has 4 rings (SSSR count). The Bertz CT molecular complexity index is 1220. The van der Waals surface area contributed by atoms with Gasteiger partial charge in [-0.2, -0.15) is 10.4 Å². The van der Waals surface area contributed by atoms with Crippen molar-refractivity contribution < 1.29 is 0 Å². The third-order valence-corrected chi connectivity index (χ3v) is 4.55. The van der Waals surface area contributed by atoms with Gasteiger partial charge in [-0.1, -0.05) is 6.07 Å². The topological polar surface area (TPSA) is 95.5 Å². The Morgan fingerprint density at radius 3 is 2.50 bits per heavy atom. The summed E-state index contributed by atoms with van der Waals surface area (Å²) in [6, 6.07) is 17.5. The largest absolute Gasteiger partial charge is 0.377 e. The number of rotatable bonds is 5. The van der Waals surface area contributed by atoms with Crippen LogP contribution in [0.5, 0.6) is 0 Å². The van der Waals surface area contributed by atoms with E-state index in [1.54, 1.807) is 17.2 Å². The van der Waals surface area contributed by atoms with E-state index in [9.17, 15) is 5.26 Å². The van der Waals surface area contributed by atoms with E-state index in [2.05, 4.69) is 31.4 Å². The average molecular weight is 396 g/mol. The molecule has 0 aliphatic rings. The van der Waals surface area contributed by atoms with Gasteiger partial charge in [-0.3, -0.25) is 0 Å². The number of nitrogens with one attached hydrogen (secondary N) is 1. The van der Waals surface area contributed by atoms with Gasteiger partial charge in [0.05, 0.1) is 22.6 Å². The molecule has 0 saturated heterocycles. The summed E-state index contributed by atoms with van der Waals surface area (Å²) >= 11 is 0. The molecule has 2 aromatic heterocycles. The molecule has 0 saturated carbocycles. The molecule has 2 aromatic carbocycles. The number of hydrogen-bond donors (Lipinski definition) is 1. The van der Waals surface area contributed by atoms with Crippen molar-refractivity contribution in [2.24, 2.45) is 0 Å². The van der Waals surface area contributed by atoms with Gasteiger partial charge >= 0.3 is 0 Å². The molecule has 0 bridgehead atoms. The van der Waals surface area contributed by atoms with E-state index in [4.69, 9.17) is 0 Å². The second-order valence-electron chi connectivity index (χ2n) is 6.91. The summed E-state index contributed by atoms with van der Waals surface area (Å²) in [7, 11) is 3.83. The highest BCUT2D eigenvalue weighted by Crippen LogP contribution is 2.26. The Morgan fingerprint density at radius 2 is 1.83 bits per heavy atom. The third kappa shape index (κ3) is 3.95. The molecule has 0 amide bonds. The number of benzene rings is 2. The lowest BCUT2D eigenvalue weighted by molar-refractivity contribution is 0.863. The number of hydrogen-bond acceptors (Lipinski definition) is 7. The van der Waals surface area contributed by atoms with Crippen LogP contribution >= 0.6 is 0 Å². The van der Waals surface area contributed by atoms with Crippen molar-refractivity contribution in [1.82, 2.24) is 24.7 Å². The predicted octanol–water partition coefficient (Wildman–Crippen LogP) is 3.71. The van der Waals surface area contributed by atoms with Crippen LogP contribution in [0.2, 0.25) is 0 Å². The summed E-state index contributed by atoms with van der Waals surface area (Å²) in [4.78, 5) is 15.0. The van der Waals surface area contributed by atoms with E-state index >= 15 is 0 Å². The summed E-state index contributed by atoms with van der Waals surface area (Å²) in [6.07, 6.45) is 3.40. The zero-order chi connectivity index (χ0) is 21.1. The van der Waals surface area contributed by atoms with Crippen LogP contribution in [0.25, 0.3) is 16.9 Å². The molecule has 148 valence electrons. The summed E-state index contributed by atoms with van der Waals surface area (Å²) in [5.74, 6) is 1.22. The van der Waals surface area contributed by atoms with Crippen LogP contribution in [0.4, 0.5) is 17.3 Å². The number of anilines is 3. The molecule has 0 fully saturated rings. The van der Waals surface area contributed by atoms with Crippen molar-refractivity contribution in [2.75, 3.05) is 24.3 Å². The van der Waals surface area contributed by atoms with Crippen molar-refractivity contribution in [3.63, 3.8) is 0 Å².